The number of rotatable bonds is 2. The molecule has 1 N–H and O–H groups in total. The number of nitrogens with zero attached hydrogens (tertiary/aromatic N) is 2. The standard InChI is InChI=1S/C18H16F3N3O3/c1-2-27-17(26)24-9-12(8-11-6-4-3-5-7-11)14-13(10-24)15(18(19,20)21)23-16(25)22-14/h3-8H,2,9-10H2,1H3,(H,22,23,25)/b12-8+. The quantitative estimate of drug-likeness (QED) is 0.869. The number of hydrogen-bond donors (Lipinski definition) is 1. The summed E-state index contributed by atoms with van der Waals surface area (Å²) in [4.78, 5) is 30.5. The van der Waals surface area contributed by atoms with Crippen molar-refractivity contribution in [2.75, 3.05) is 13.2 Å². The zero-order valence-electron chi connectivity index (χ0n) is 14.3. The van der Waals surface area contributed by atoms with Gasteiger partial charge in [-0.1, -0.05) is 30.3 Å². The van der Waals surface area contributed by atoms with Gasteiger partial charge < -0.3 is 9.72 Å². The molecule has 2 heterocycles. The van der Waals surface area contributed by atoms with E-state index in [4.69, 9.17) is 4.74 Å². The largest absolute Gasteiger partial charge is 0.450 e. The maximum atomic E-state index is 13.4. The molecule has 0 unspecified atom stereocenters. The van der Waals surface area contributed by atoms with E-state index in [0.29, 0.717) is 11.1 Å². The molecule has 0 saturated heterocycles. The molecule has 1 amide bonds. The fourth-order valence-corrected chi connectivity index (χ4v) is 2.89. The number of aromatic nitrogens is 2. The summed E-state index contributed by atoms with van der Waals surface area (Å²) in [5, 5.41) is 0. The number of H-pyrrole nitrogens is 1. The van der Waals surface area contributed by atoms with Crippen molar-refractivity contribution in [2.45, 2.75) is 19.6 Å². The van der Waals surface area contributed by atoms with Crippen LogP contribution in [0.5, 0.6) is 0 Å². The van der Waals surface area contributed by atoms with E-state index in [0.717, 1.165) is 4.90 Å². The van der Waals surface area contributed by atoms with Crippen LogP contribution in [0.15, 0.2) is 35.1 Å². The van der Waals surface area contributed by atoms with E-state index < -0.39 is 23.7 Å². The zero-order chi connectivity index (χ0) is 19.6. The van der Waals surface area contributed by atoms with Crippen molar-refractivity contribution in [1.82, 2.24) is 14.9 Å². The highest BCUT2D eigenvalue weighted by atomic mass is 19.4. The van der Waals surface area contributed by atoms with E-state index in [9.17, 15) is 22.8 Å². The van der Waals surface area contributed by atoms with Crippen LogP contribution in [0.2, 0.25) is 0 Å². The number of fused-ring (bicyclic) bond motifs is 1. The number of hydrogen-bond acceptors (Lipinski definition) is 4. The number of alkyl halides is 3. The first kappa shape index (κ1) is 18.7. The molecule has 27 heavy (non-hydrogen) atoms. The van der Waals surface area contributed by atoms with Crippen LogP contribution in [-0.2, 0) is 17.5 Å². The molecule has 0 radical (unpaired) electrons. The van der Waals surface area contributed by atoms with Gasteiger partial charge in [-0.25, -0.2) is 9.59 Å². The highest BCUT2D eigenvalue weighted by Crippen LogP contribution is 2.36. The average molecular weight is 379 g/mol. The fourth-order valence-electron chi connectivity index (χ4n) is 2.89. The molecule has 0 aliphatic carbocycles. The second-order valence-corrected chi connectivity index (χ2v) is 5.88. The Labute approximate surface area is 152 Å². The Hall–Kier alpha value is -3.10. The third-order valence-electron chi connectivity index (χ3n) is 4.00. The summed E-state index contributed by atoms with van der Waals surface area (Å²) in [7, 11) is 0. The van der Waals surface area contributed by atoms with Crippen LogP contribution in [0.25, 0.3) is 11.6 Å². The third kappa shape index (κ3) is 4.02. The van der Waals surface area contributed by atoms with Crippen LogP contribution < -0.4 is 5.69 Å². The number of aromatic amines is 1. The molecule has 1 aliphatic rings. The Morgan fingerprint density at radius 2 is 2.00 bits per heavy atom. The van der Waals surface area contributed by atoms with E-state index in [1.165, 1.54) is 0 Å². The van der Waals surface area contributed by atoms with Crippen molar-refractivity contribution in [1.29, 1.82) is 0 Å². The summed E-state index contributed by atoms with van der Waals surface area (Å²) >= 11 is 0. The van der Waals surface area contributed by atoms with Gasteiger partial charge in [-0.15, -0.1) is 0 Å². The monoisotopic (exact) mass is 379 g/mol. The molecule has 0 spiro atoms. The summed E-state index contributed by atoms with van der Waals surface area (Å²) in [6.07, 6.45) is -3.92. The predicted molar refractivity (Wildman–Crippen MR) is 91.6 cm³/mol. The minimum absolute atomic E-state index is 0.0194. The first-order valence-corrected chi connectivity index (χ1v) is 8.17. The minimum atomic E-state index is -4.79. The Morgan fingerprint density at radius 3 is 2.63 bits per heavy atom. The molecule has 142 valence electrons. The summed E-state index contributed by atoms with van der Waals surface area (Å²) in [5.74, 6) is 0. The average Bonchev–Trinajstić information content (AvgIpc) is 2.61. The van der Waals surface area contributed by atoms with Crippen LogP contribution >= 0.6 is 0 Å². The van der Waals surface area contributed by atoms with Gasteiger partial charge in [0, 0.05) is 5.56 Å². The SMILES string of the molecule is CCOC(=O)N1C/C(=C\c2ccccc2)c2nc(=O)[nH]c(C(F)(F)F)c2C1. The second-order valence-electron chi connectivity index (χ2n) is 5.88. The Kier molecular flexibility index (Phi) is 5.02. The molecule has 0 atom stereocenters. The number of carbonyl (C=O) groups excluding carboxylic acids is 1. The number of amides is 1. The fraction of sp³-hybridized carbons (Fsp3) is 0.278. The van der Waals surface area contributed by atoms with E-state index in [-0.39, 0.29) is 31.0 Å². The summed E-state index contributed by atoms with van der Waals surface area (Å²) in [6, 6.07) is 8.85. The van der Waals surface area contributed by atoms with Crippen LogP contribution in [0.3, 0.4) is 0 Å². The van der Waals surface area contributed by atoms with Crippen LogP contribution in [0.1, 0.15) is 29.4 Å². The molecule has 6 nitrogen and oxygen atoms in total. The van der Waals surface area contributed by atoms with Gasteiger partial charge in [0.05, 0.1) is 25.4 Å². The van der Waals surface area contributed by atoms with Gasteiger partial charge in [0.25, 0.3) is 0 Å². The van der Waals surface area contributed by atoms with Gasteiger partial charge in [-0.2, -0.15) is 18.2 Å². The maximum absolute atomic E-state index is 13.4. The van der Waals surface area contributed by atoms with Gasteiger partial charge in [-0.3, -0.25) is 4.90 Å². The molecular weight excluding hydrogens is 363 g/mol. The molecule has 2 aromatic rings. The van der Waals surface area contributed by atoms with Crippen LogP contribution in [0, 0.1) is 0 Å². The summed E-state index contributed by atoms with van der Waals surface area (Å²) in [6.45, 7) is 1.32. The summed E-state index contributed by atoms with van der Waals surface area (Å²) < 4.78 is 45.2. The van der Waals surface area contributed by atoms with Crippen molar-refractivity contribution in [3.8, 4) is 0 Å². The number of carbonyl (C=O) groups is 1. The highest BCUT2D eigenvalue weighted by molar-refractivity contribution is 5.86. The second kappa shape index (κ2) is 7.26. The lowest BCUT2D eigenvalue weighted by molar-refractivity contribution is -0.142. The molecule has 1 aromatic carbocycles. The van der Waals surface area contributed by atoms with E-state index in [1.807, 2.05) is 0 Å². The number of ether oxygens (including phenoxy) is 1. The smallest absolute Gasteiger partial charge is 0.431 e. The Bertz CT molecular complexity index is 936. The van der Waals surface area contributed by atoms with Crippen molar-refractivity contribution >= 4 is 17.7 Å². The highest BCUT2D eigenvalue weighted by Gasteiger charge is 2.39. The minimum Gasteiger partial charge on any atom is -0.450 e. The lowest BCUT2D eigenvalue weighted by Crippen LogP contribution is -2.39. The van der Waals surface area contributed by atoms with Crippen LogP contribution in [0.4, 0.5) is 18.0 Å². The number of halogens is 3. The van der Waals surface area contributed by atoms with E-state index >= 15 is 0 Å². The van der Waals surface area contributed by atoms with E-state index in [1.54, 1.807) is 48.3 Å². The molecule has 0 bridgehead atoms. The molecule has 3 rings (SSSR count). The van der Waals surface area contributed by atoms with Crippen molar-refractivity contribution in [3.63, 3.8) is 0 Å². The first-order chi connectivity index (χ1) is 12.8. The lowest BCUT2D eigenvalue weighted by atomic mass is 9.97. The van der Waals surface area contributed by atoms with Crippen molar-refractivity contribution < 1.29 is 22.7 Å². The predicted octanol–water partition coefficient (Wildman–Crippen LogP) is 3.30. The van der Waals surface area contributed by atoms with Crippen LogP contribution in [-0.4, -0.2) is 34.1 Å². The van der Waals surface area contributed by atoms with Gasteiger partial charge in [0.1, 0.15) is 5.69 Å². The molecule has 9 heteroatoms. The summed E-state index contributed by atoms with van der Waals surface area (Å²) in [5.41, 5.74) is -1.58. The Morgan fingerprint density at radius 1 is 1.30 bits per heavy atom. The number of nitrogens with one attached hydrogen (secondary N) is 1. The topological polar surface area (TPSA) is 75.3 Å². The Balaban J connectivity index is 2.18. The zero-order valence-corrected chi connectivity index (χ0v) is 14.3. The molecule has 1 aliphatic heterocycles. The molecule has 0 fully saturated rings. The van der Waals surface area contributed by atoms with Gasteiger partial charge in [-0.05, 0) is 24.1 Å². The number of benzene rings is 1. The molecule has 0 saturated carbocycles. The maximum Gasteiger partial charge on any atom is 0.431 e. The van der Waals surface area contributed by atoms with E-state index in [2.05, 4.69) is 4.98 Å². The molecule has 1 aromatic heterocycles. The molecular formula is C18H16F3N3O3. The normalized spacial score (nSPS) is 15.6. The lowest BCUT2D eigenvalue weighted by Gasteiger charge is -2.30. The van der Waals surface area contributed by atoms with Gasteiger partial charge in [0.15, 0.2) is 0 Å². The third-order valence-corrected chi connectivity index (χ3v) is 4.00. The van der Waals surface area contributed by atoms with Gasteiger partial charge >= 0.3 is 18.0 Å². The van der Waals surface area contributed by atoms with Crippen molar-refractivity contribution in [3.05, 3.63) is 63.3 Å². The van der Waals surface area contributed by atoms with Crippen molar-refractivity contribution in [2.24, 2.45) is 0 Å². The van der Waals surface area contributed by atoms with Gasteiger partial charge in [0.2, 0.25) is 0 Å². The first-order valence-electron chi connectivity index (χ1n) is 8.17.